The summed E-state index contributed by atoms with van der Waals surface area (Å²) in [5.41, 5.74) is -4.31. The maximum Gasteiger partial charge on any atom is 0.380 e. The molecule has 2 nitrogen and oxygen atoms in total. The first-order chi connectivity index (χ1) is 15.3. The van der Waals surface area contributed by atoms with E-state index in [1.165, 1.54) is 39.1 Å². The zero-order chi connectivity index (χ0) is 24.5. The standard InChI is InChI=1S/C23H15F7N2S/c1-11-15(8-13(10-31)32(11)3)19-20(22(27,28)23(29,30)21(19,25)26)16-9-18(33-12(16)2)14-6-4-5-7-17(14)24/h4-9H,1-3H3. The Morgan fingerprint density at radius 1 is 0.879 bits per heavy atom. The maximum atomic E-state index is 15.1. The highest BCUT2D eigenvalue weighted by atomic mass is 32.1. The van der Waals surface area contributed by atoms with Gasteiger partial charge in [-0.2, -0.15) is 31.6 Å². The molecule has 1 aromatic carbocycles. The Morgan fingerprint density at radius 2 is 1.45 bits per heavy atom. The summed E-state index contributed by atoms with van der Waals surface area (Å²) in [6, 6.07) is 9.08. The molecule has 2 aromatic heterocycles. The molecule has 0 aliphatic heterocycles. The van der Waals surface area contributed by atoms with E-state index in [-0.39, 0.29) is 26.7 Å². The smallest absolute Gasteiger partial charge is 0.339 e. The molecule has 2 heterocycles. The van der Waals surface area contributed by atoms with E-state index >= 15 is 17.6 Å². The van der Waals surface area contributed by atoms with Gasteiger partial charge in [0.2, 0.25) is 0 Å². The van der Waals surface area contributed by atoms with Gasteiger partial charge in [-0.15, -0.1) is 11.3 Å². The van der Waals surface area contributed by atoms with E-state index in [0.717, 1.165) is 34.1 Å². The quantitative estimate of drug-likeness (QED) is 0.361. The van der Waals surface area contributed by atoms with Crippen LogP contribution in [0, 0.1) is 31.0 Å². The molecule has 0 radical (unpaired) electrons. The van der Waals surface area contributed by atoms with Gasteiger partial charge < -0.3 is 4.57 Å². The molecular weight excluding hydrogens is 469 g/mol. The molecule has 33 heavy (non-hydrogen) atoms. The van der Waals surface area contributed by atoms with Crippen LogP contribution < -0.4 is 0 Å². The predicted octanol–water partition coefficient (Wildman–Crippen LogP) is 7.21. The van der Waals surface area contributed by atoms with Gasteiger partial charge in [0.1, 0.15) is 17.6 Å². The Kier molecular flexibility index (Phi) is 5.06. The summed E-state index contributed by atoms with van der Waals surface area (Å²) in [6.45, 7) is 2.59. The van der Waals surface area contributed by atoms with Crippen LogP contribution >= 0.6 is 11.3 Å². The number of rotatable bonds is 3. The molecule has 172 valence electrons. The Morgan fingerprint density at radius 3 is 2.00 bits per heavy atom. The van der Waals surface area contributed by atoms with Crippen molar-refractivity contribution >= 4 is 22.5 Å². The van der Waals surface area contributed by atoms with Gasteiger partial charge >= 0.3 is 17.8 Å². The average Bonchev–Trinajstić information content (AvgIpc) is 3.28. The zero-order valence-electron chi connectivity index (χ0n) is 17.4. The van der Waals surface area contributed by atoms with Crippen LogP contribution in [0.2, 0.25) is 0 Å². The number of allylic oxidation sites excluding steroid dienone is 2. The molecule has 4 rings (SSSR count). The summed E-state index contributed by atoms with van der Waals surface area (Å²) in [5.74, 6) is -16.8. The third kappa shape index (κ3) is 2.98. The second-order valence-corrected chi connectivity index (χ2v) is 8.99. The van der Waals surface area contributed by atoms with E-state index in [0.29, 0.717) is 0 Å². The molecule has 0 fully saturated rings. The van der Waals surface area contributed by atoms with Crippen molar-refractivity contribution in [2.24, 2.45) is 7.05 Å². The SMILES string of the molecule is Cc1sc(-c2ccccc2F)cc1C1=C(c2cc(C#N)n(C)c2C)C(F)(F)C(F)(F)C1(F)F. The number of aromatic nitrogens is 1. The molecule has 0 N–H and O–H groups in total. The lowest BCUT2D eigenvalue weighted by atomic mass is 9.94. The third-order valence-electron chi connectivity index (χ3n) is 5.91. The van der Waals surface area contributed by atoms with Crippen molar-refractivity contribution < 1.29 is 30.7 Å². The lowest BCUT2D eigenvalue weighted by Gasteiger charge is -2.25. The highest BCUT2D eigenvalue weighted by Crippen LogP contribution is 2.65. The van der Waals surface area contributed by atoms with Crippen molar-refractivity contribution in [1.82, 2.24) is 4.57 Å². The second-order valence-electron chi connectivity index (χ2n) is 7.73. The summed E-state index contributed by atoms with van der Waals surface area (Å²) in [4.78, 5) is 0.173. The molecule has 0 atom stereocenters. The van der Waals surface area contributed by atoms with Crippen molar-refractivity contribution in [3.63, 3.8) is 0 Å². The molecular formula is C23H15F7N2S. The molecule has 0 spiro atoms. The maximum absolute atomic E-state index is 15.1. The summed E-state index contributed by atoms with van der Waals surface area (Å²) in [7, 11) is 1.34. The normalized spacial score (nSPS) is 18.6. The van der Waals surface area contributed by atoms with Crippen molar-refractivity contribution in [3.8, 4) is 16.5 Å². The van der Waals surface area contributed by atoms with E-state index < -0.39 is 45.9 Å². The Hall–Kier alpha value is -3.06. The number of benzene rings is 1. The molecule has 0 saturated heterocycles. The van der Waals surface area contributed by atoms with E-state index in [1.54, 1.807) is 6.07 Å². The lowest BCUT2D eigenvalue weighted by Crippen LogP contribution is -2.48. The first-order valence-corrected chi connectivity index (χ1v) is 10.4. The van der Waals surface area contributed by atoms with Crippen LogP contribution in [0.5, 0.6) is 0 Å². The highest BCUT2D eigenvalue weighted by molar-refractivity contribution is 7.15. The molecule has 0 saturated carbocycles. The summed E-state index contributed by atoms with van der Waals surface area (Å²) in [5, 5.41) is 9.21. The average molecular weight is 484 g/mol. The van der Waals surface area contributed by atoms with Crippen LogP contribution in [0.4, 0.5) is 30.7 Å². The van der Waals surface area contributed by atoms with Crippen LogP contribution in [0.15, 0.2) is 36.4 Å². The van der Waals surface area contributed by atoms with Crippen molar-refractivity contribution in [1.29, 1.82) is 5.26 Å². The minimum atomic E-state index is -5.72. The van der Waals surface area contributed by atoms with E-state index in [9.17, 15) is 18.4 Å². The monoisotopic (exact) mass is 484 g/mol. The van der Waals surface area contributed by atoms with Crippen LogP contribution in [0.3, 0.4) is 0 Å². The Labute approximate surface area is 188 Å². The molecule has 3 aromatic rings. The van der Waals surface area contributed by atoms with Gasteiger partial charge in [0, 0.05) is 44.8 Å². The number of nitriles is 1. The first kappa shape index (κ1) is 23.1. The highest BCUT2D eigenvalue weighted by Gasteiger charge is 2.80. The fraction of sp³-hybridized carbons (Fsp3) is 0.261. The van der Waals surface area contributed by atoms with Gasteiger partial charge in [0.05, 0.1) is 0 Å². The minimum Gasteiger partial charge on any atom is -0.339 e. The molecule has 1 aliphatic rings. The van der Waals surface area contributed by atoms with Crippen LogP contribution in [-0.4, -0.2) is 22.3 Å². The fourth-order valence-corrected chi connectivity index (χ4v) is 5.07. The largest absolute Gasteiger partial charge is 0.380 e. The summed E-state index contributed by atoms with van der Waals surface area (Å²) < 4.78 is 105. The Bertz CT molecular complexity index is 1360. The van der Waals surface area contributed by atoms with Crippen LogP contribution in [-0.2, 0) is 7.05 Å². The van der Waals surface area contributed by atoms with Gasteiger partial charge in [0.25, 0.3) is 0 Å². The third-order valence-corrected chi connectivity index (χ3v) is 7.00. The summed E-state index contributed by atoms with van der Waals surface area (Å²) in [6.07, 6.45) is 0. The number of hydrogen-bond donors (Lipinski definition) is 0. The number of halogens is 7. The molecule has 10 heteroatoms. The predicted molar refractivity (Wildman–Crippen MR) is 111 cm³/mol. The first-order valence-electron chi connectivity index (χ1n) is 9.58. The molecule has 0 bridgehead atoms. The molecule has 1 aliphatic carbocycles. The fourth-order valence-electron chi connectivity index (χ4n) is 4.02. The van der Waals surface area contributed by atoms with Crippen molar-refractivity contribution in [2.75, 3.05) is 0 Å². The number of aryl methyl sites for hydroxylation is 1. The van der Waals surface area contributed by atoms with E-state index in [2.05, 4.69) is 0 Å². The lowest BCUT2D eigenvalue weighted by molar-refractivity contribution is -0.254. The van der Waals surface area contributed by atoms with Gasteiger partial charge in [0.15, 0.2) is 0 Å². The van der Waals surface area contributed by atoms with Crippen LogP contribution in [0.1, 0.15) is 27.4 Å². The molecule has 0 unspecified atom stereocenters. The minimum absolute atomic E-state index is 0.0292. The van der Waals surface area contributed by atoms with Crippen molar-refractivity contribution in [3.05, 3.63) is 69.6 Å². The Balaban J connectivity index is 2.09. The topological polar surface area (TPSA) is 28.7 Å². The number of hydrogen-bond acceptors (Lipinski definition) is 2. The second kappa shape index (κ2) is 7.22. The molecule has 0 amide bonds. The van der Waals surface area contributed by atoms with E-state index in [4.69, 9.17) is 0 Å². The van der Waals surface area contributed by atoms with E-state index in [1.807, 2.05) is 0 Å². The number of thiophene rings is 1. The number of nitrogens with zero attached hydrogens (tertiary/aromatic N) is 2. The van der Waals surface area contributed by atoms with Crippen molar-refractivity contribution in [2.45, 2.75) is 31.6 Å². The van der Waals surface area contributed by atoms with Gasteiger partial charge in [-0.25, -0.2) is 4.39 Å². The van der Waals surface area contributed by atoms with Gasteiger partial charge in [-0.1, -0.05) is 18.2 Å². The number of alkyl halides is 6. The zero-order valence-corrected chi connectivity index (χ0v) is 18.2. The summed E-state index contributed by atoms with van der Waals surface area (Å²) >= 11 is 0.829. The van der Waals surface area contributed by atoms with Gasteiger partial charge in [-0.05, 0) is 37.6 Å². The van der Waals surface area contributed by atoms with Crippen LogP contribution in [0.25, 0.3) is 21.6 Å². The van der Waals surface area contributed by atoms with Gasteiger partial charge in [-0.3, -0.25) is 0 Å².